The molecular weight excluding hydrogens is 306 g/mol. The van der Waals surface area contributed by atoms with E-state index >= 15 is 0 Å². The molecule has 1 fully saturated rings. The monoisotopic (exact) mass is 325 g/mol. The van der Waals surface area contributed by atoms with Gasteiger partial charge in [-0.15, -0.1) is 0 Å². The van der Waals surface area contributed by atoms with Gasteiger partial charge in [0, 0.05) is 25.4 Å². The summed E-state index contributed by atoms with van der Waals surface area (Å²) in [6.45, 7) is 2.45. The summed E-state index contributed by atoms with van der Waals surface area (Å²) in [6.07, 6.45) is 4.07. The normalized spacial score (nSPS) is 14.4. The molecule has 0 amide bonds. The molecular formula is C18H19N3O3. The van der Waals surface area contributed by atoms with E-state index in [0.717, 1.165) is 24.0 Å². The van der Waals surface area contributed by atoms with Crippen LogP contribution >= 0.6 is 0 Å². The molecule has 6 heteroatoms. The van der Waals surface area contributed by atoms with Gasteiger partial charge in [-0.2, -0.15) is 0 Å². The lowest BCUT2D eigenvalue weighted by Gasteiger charge is -2.08. The third-order valence-corrected chi connectivity index (χ3v) is 4.63. The number of hydrogen-bond donors (Lipinski definition) is 1. The first kappa shape index (κ1) is 14.8. The Morgan fingerprint density at radius 2 is 1.96 bits per heavy atom. The van der Waals surface area contributed by atoms with E-state index in [1.54, 1.807) is 35.4 Å². The Bertz CT molecular complexity index is 1040. The maximum Gasteiger partial charge on any atom is 0.420 e. The fourth-order valence-electron chi connectivity index (χ4n) is 3.12. The molecule has 1 aromatic carbocycles. The maximum atomic E-state index is 12.2. The summed E-state index contributed by atoms with van der Waals surface area (Å²) in [4.78, 5) is 24.0. The highest BCUT2D eigenvalue weighted by atomic mass is 16.4. The fourth-order valence-corrected chi connectivity index (χ4v) is 3.12. The van der Waals surface area contributed by atoms with E-state index in [0.29, 0.717) is 34.8 Å². The number of benzene rings is 1. The average molecular weight is 325 g/mol. The molecule has 124 valence electrons. The average Bonchev–Trinajstić information content (AvgIpc) is 3.30. The van der Waals surface area contributed by atoms with Gasteiger partial charge >= 0.3 is 5.76 Å². The highest BCUT2D eigenvalue weighted by Gasteiger charge is 2.25. The van der Waals surface area contributed by atoms with Crippen LogP contribution in [0.15, 0.2) is 38.4 Å². The van der Waals surface area contributed by atoms with Crippen LogP contribution in [0.25, 0.3) is 22.2 Å². The number of aromatic nitrogens is 2. The van der Waals surface area contributed by atoms with E-state index in [1.807, 2.05) is 12.1 Å². The molecule has 2 N–H and O–H groups in total. The smallest absolute Gasteiger partial charge is 0.405 e. The quantitative estimate of drug-likeness (QED) is 0.749. The summed E-state index contributed by atoms with van der Waals surface area (Å²) in [5.41, 5.74) is 10.1. The molecule has 1 saturated carbocycles. The van der Waals surface area contributed by atoms with Crippen LogP contribution in [0.4, 0.5) is 5.69 Å². The van der Waals surface area contributed by atoms with Crippen LogP contribution in [0.3, 0.4) is 0 Å². The lowest BCUT2D eigenvalue weighted by Crippen LogP contribution is -2.18. The third kappa shape index (κ3) is 2.35. The molecule has 4 rings (SSSR count). The van der Waals surface area contributed by atoms with Crippen molar-refractivity contribution in [2.24, 2.45) is 13.0 Å². The third-order valence-electron chi connectivity index (χ3n) is 4.63. The molecule has 0 bridgehead atoms. The summed E-state index contributed by atoms with van der Waals surface area (Å²) in [6, 6.07) is 5.54. The van der Waals surface area contributed by atoms with Crippen LogP contribution in [0.5, 0.6) is 0 Å². The first-order valence-electron chi connectivity index (χ1n) is 8.04. The second-order valence-electron chi connectivity index (χ2n) is 6.66. The van der Waals surface area contributed by atoms with E-state index in [-0.39, 0.29) is 11.3 Å². The van der Waals surface area contributed by atoms with Crippen LogP contribution < -0.4 is 17.0 Å². The number of aryl methyl sites for hydroxylation is 2. The second kappa shape index (κ2) is 5.12. The Kier molecular flexibility index (Phi) is 3.16. The summed E-state index contributed by atoms with van der Waals surface area (Å²) in [7, 11) is 1.72. The molecule has 0 saturated heterocycles. The van der Waals surface area contributed by atoms with Crippen molar-refractivity contribution < 1.29 is 4.42 Å². The van der Waals surface area contributed by atoms with E-state index < -0.39 is 0 Å². The van der Waals surface area contributed by atoms with Gasteiger partial charge in [0.05, 0.1) is 11.2 Å². The summed E-state index contributed by atoms with van der Waals surface area (Å²) in [5, 5.41) is 0. The summed E-state index contributed by atoms with van der Waals surface area (Å²) in [5.74, 6) is 0.186. The molecule has 0 spiro atoms. The number of nitrogens with zero attached hydrogens (tertiary/aromatic N) is 2. The summed E-state index contributed by atoms with van der Waals surface area (Å²) < 4.78 is 8.56. The minimum Gasteiger partial charge on any atom is -0.405 e. The Morgan fingerprint density at radius 1 is 1.21 bits per heavy atom. The topological polar surface area (TPSA) is 83.2 Å². The predicted molar refractivity (Wildman–Crippen MR) is 93.0 cm³/mol. The number of fused-ring (bicyclic) bond motifs is 1. The largest absolute Gasteiger partial charge is 0.420 e. The number of hydrogen-bond acceptors (Lipinski definition) is 4. The number of anilines is 1. The van der Waals surface area contributed by atoms with Crippen LogP contribution in [0, 0.1) is 12.8 Å². The second-order valence-corrected chi connectivity index (χ2v) is 6.66. The van der Waals surface area contributed by atoms with Gasteiger partial charge in [0.25, 0.3) is 5.56 Å². The molecule has 2 aromatic heterocycles. The van der Waals surface area contributed by atoms with Gasteiger partial charge in [0.15, 0.2) is 5.58 Å². The van der Waals surface area contributed by atoms with Crippen LogP contribution in [0.2, 0.25) is 0 Å². The van der Waals surface area contributed by atoms with Gasteiger partial charge in [-0.3, -0.25) is 9.36 Å². The van der Waals surface area contributed by atoms with Crippen molar-refractivity contribution in [1.82, 2.24) is 9.13 Å². The van der Waals surface area contributed by atoms with Crippen molar-refractivity contribution in [2.45, 2.75) is 26.3 Å². The van der Waals surface area contributed by atoms with E-state index in [1.165, 1.54) is 0 Å². The van der Waals surface area contributed by atoms with Gasteiger partial charge in [-0.05, 0) is 55.0 Å². The molecule has 3 aromatic rings. The lowest BCUT2D eigenvalue weighted by atomic mass is 10.0. The number of rotatable bonds is 3. The van der Waals surface area contributed by atoms with Crippen LogP contribution in [-0.2, 0) is 13.6 Å². The molecule has 0 unspecified atom stereocenters. The van der Waals surface area contributed by atoms with Crippen LogP contribution in [0.1, 0.15) is 18.4 Å². The van der Waals surface area contributed by atoms with E-state index in [9.17, 15) is 9.59 Å². The van der Waals surface area contributed by atoms with Crippen molar-refractivity contribution in [3.63, 3.8) is 0 Å². The minimum absolute atomic E-state index is 0.0262. The minimum atomic E-state index is -0.364. The molecule has 1 aliphatic carbocycles. The SMILES string of the molecule is Cc1cc(-c2cc(N)c3oc(=O)n(CC4CC4)c3c2)cn(C)c1=O. The zero-order chi connectivity index (χ0) is 17.0. The molecule has 6 nitrogen and oxygen atoms in total. The number of nitrogen functional groups attached to an aromatic ring is 1. The lowest BCUT2D eigenvalue weighted by molar-refractivity contribution is 0.492. The van der Waals surface area contributed by atoms with Gasteiger partial charge in [0.2, 0.25) is 0 Å². The van der Waals surface area contributed by atoms with Crippen molar-refractivity contribution in [3.05, 3.63) is 50.9 Å². The summed E-state index contributed by atoms with van der Waals surface area (Å²) >= 11 is 0. The maximum absolute atomic E-state index is 12.2. The van der Waals surface area contributed by atoms with Gasteiger partial charge in [-0.1, -0.05) is 0 Å². The zero-order valence-electron chi connectivity index (χ0n) is 13.7. The predicted octanol–water partition coefficient (Wildman–Crippen LogP) is 2.26. The Morgan fingerprint density at radius 3 is 2.62 bits per heavy atom. The fraction of sp³-hybridized carbons (Fsp3) is 0.333. The zero-order valence-corrected chi connectivity index (χ0v) is 13.7. The molecule has 0 aliphatic heterocycles. The van der Waals surface area contributed by atoms with Gasteiger partial charge in [-0.25, -0.2) is 4.79 Å². The van der Waals surface area contributed by atoms with Crippen molar-refractivity contribution in [3.8, 4) is 11.1 Å². The highest BCUT2D eigenvalue weighted by molar-refractivity contribution is 5.90. The van der Waals surface area contributed by atoms with Gasteiger partial charge in [0.1, 0.15) is 0 Å². The van der Waals surface area contributed by atoms with Crippen molar-refractivity contribution in [2.75, 3.05) is 5.73 Å². The van der Waals surface area contributed by atoms with E-state index in [4.69, 9.17) is 10.2 Å². The van der Waals surface area contributed by atoms with Crippen LogP contribution in [-0.4, -0.2) is 9.13 Å². The molecule has 1 aliphatic rings. The first-order chi connectivity index (χ1) is 11.4. The number of pyridine rings is 1. The van der Waals surface area contributed by atoms with Crippen molar-refractivity contribution in [1.29, 1.82) is 0 Å². The molecule has 24 heavy (non-hydrogen) atoms. The number of oxazole rings is 1. The number of nitrogens with two attached hydrogens (primary N) is 1. The Hall–Kier alpha value is -2.76. The highest BCUT2D eigenvalue weighted by Crippen LogP contribution is 2.33. The molecule has 0 atom stereocenters. The standard InChI is InChI=1S/C18H19N3O3/c1-10-5-13(9-20(2)17(10)22)12-6-14(19)16-15(7-12)21(18(23)24-16)8-11-3-4-11/h5-7,9,11H,3-4,8,19H2,1-2H3. The molecule has 2 heterocycles. The first-order valence-corrected chi connectivity index (χ1v) is 8.04. The Balaban J connectivity index is 1.93. The van der Waals surface area contributed by atoms with Crippen molar-refractivity contribution >= 4 is 16.8 Å². The van der Waals surface area contributed by atoms with Gasteiger partial charge < -0.3 is 14.7 Å². The Labute approximate surface area is 138 Å². The van der Waals surface area contributed by atoms with E-state index in [2.05, 4.69) is 0 Å². The molecule has 0 radical (unpaired) electrons.